The lowest BCUT2D eigenvalue weighted by atomic mass is 10.2. The van der Waals surface area contributed by atoms with Crippen LogP contribution in [0.3, 0.4) is 0 Å². The fraction of sp³-hybridized carbons (Fsp3) is 0.250. The van der Waals surface area contributed by atoms with Crippen LogP contribution in [0.5, 0.6) is 0 Å². The van der Waals surface area contributed by atoms with Crippen molar-refractivity contribution in [2.75, 3.05) is 24.5 Å². The van der Waals surface area contributed by atoms with E-state index in [1.807, 2.05) is 43.3 Å². The van der Waals surface area contributed by atoms with Gasteiger partial charge in [-0.05, 0) is 12.1 Å². The molecule has 60 valence electrons. The van der Waals surface area contributed by atoms with E-state index in [0.29, 0.717) is 0 Å². The summed E-state index contributed by atoms with van der Waals surface area (Å²) in [6.07, 6.45) is 0. The maximum absolute atomic E-state index is 8.69. The van der Waals surface area contributed by atoms with Crippen molar-refractivity contribution in [1.82, 2.24) is 0 Å². The summed E-state index contributed by atoms with van der Waals surface area (Å²) in [5.41, 5.74) is 3.82. The standard InChI is InChI=1S/C8H12N2O/c1-10(2)8-6-4-3-5-7(8)9-11/h3-6,9,11H,1-2H3. The molecule has 0 heterocycles. The Hall–Kier alpha value is -1.22. The Labute approximate surface area is 66.2 Å². The Morgan fingerprint density at radius 1 is 1.27 bits per heavy atom. The molecule has 0 unspecified atom stereocenters. The van der Waals surface area contributed by atoms with E-state index in [-0.39, 0.29) is 0 Å². The summed E-state index contributed by atoms with van der Waals surface area (Å²) in [7, 11) is 3.85. The number of nitrogens with zero attached hydrogens (tertiary/aromatic N) is 1. The molecule has 0 saturated heterocycles. The zero-order valence-corrected chi connectivity index (χ0v) is 6.70. The summed E-state index contributed by atoms with van der Waals surface area (Å²) < 4.78 is 0. The Morgan fingerprint density at radius 3 is 2.36 bits per heavy atom. The topological polar surface area (TPSA) is 35.5 Å². The SMILES string of the molecule is CN(C)c1ccccc1NO. The molecule has 0 spiro atoms. The molecule has 1 rings (SSSR count). The number of para-hydroxylation sites is 2. The molecular formula is C8H12N2O. The number of rotatable bonds is 2. The Kier molecular flexibility index (Phi) is 2.33. The molecule has 3 nitrogen and oxygen atoms in total. The Morgan fingerprint density at radius 2 is 1.91 bits per heavy atom. The van der Waals surface area contributed by atoms with Gasteiger partial charge in [-0.25, -0.2) is 0 Å². The van der Waals surface area contributed by atoms with Crippen molar-refractivity contribution in [2.24, 2.45) is 0 Å². The number of anilines is 2. The summed E-state index contributed by atoms with van der Waals surface area (Å²) in [4.78, 5) is 1.93. The minimum atomic E-state index is 0.720. The van der Waals surface area contributed by atoms with Crippen molar-refractivity contribution in [1.29, 1.82) is 0 Å². The molecule has 0 radical (unpaired) electrons. The molecule has 11 heavy (non-hydrogen) atoms. The minimum Gasteiger partial charge on any atom is -0.376 e. The van der Waals surface area contributed by atoms with Crippen molar-refractivity contribution < 1.29 is 5.21 Å². The molecule has 0 aliphatic heterocycles. The van der Waals surface area contributed by atoms with Gasteiger partial charge in [0, 0.05) is 14.1 Å². The molecule has 1 aromatic rings. The zero-order chi connectivity index (χ0) is 8.27. The van der Waals surface area contributed by atoms with Gasteiger partial charge in [-0.3, -0.25) is 10.7 Å². The first-order valence-corrected chi connectivity index (χ1v) is 3.42. The predicted molar refractivity (Wildman–Crippen MR) is 46.2 cm³/mol. The lowest BCUT2D eigenvalue weighted by Crippen LogP contribution is -2.10. The van der Waals surface area contributed by atoms with Gasteiger partial charge in [-0.15, -0.1) is 0 Å². The van der Waals surface area contributed by atoms with Crippen molar-refractivity contribution >= 4 is 11.4 Å². The van der Waals surface area contributed by atoms with Crippen molar-refractivity contribution in [3.05, 3.63) is 24.3 Å². The highest BCUT2D eigenvalue weighted by molar-refractivity contribution is 5.68. The minimum absolute atomic E-state index is 0.720. The molecule has 0 amide bonds. The van der Waals surface area contributed by atoms with Crippen LogP contribution >= 0.6 is 0 Å². The molecule has 0 atom stereocenters. The maximum Gasteiger partial charge on any atom is 0.0835 e. The lowest BCUT2D eigenvalue weighted by molar-refractivity contribution is 0.389. The van der Waals surface area contributed by atoms with Gasteiger partial charge in [0.25, 0.3) is 0 Å². The van der Waals surface area contributed by atoms with Crippen molar-refractivity contribution in [2.45, 2.75) is 0 Å². The highest BCUT2D eigenvalue weighted by atomic mass is 16.5. The first-order chi connectivity index (χ1) is 5.25. The molecule has 0 aliphatic rings. The molecule has 0 bridgehead atoms. The molecule has 0 fully saturated rings. The molecule has 3 heteroatoms. The van der Waals surface area contributed by atoms with Crippen LogP contribution in [0.25, 0.3) is 0 Å². The second-order valence-corrected chi connectivity index (χ2v) is 2.52. The van der Waals surface area contributed by atoms with Crippen LogP contribution in [0.1, 0.15) is 0 Å². The molecular weight excluding hydrogens is 140 g/mol. The third-order valence-electron chi connectivity index (χ3n) is 1.51. The summed E-state index contributed by atoms with van der Waals surface area (Å²) in [5, 5.41) is 8.69. The molecule has 1 aromatic carbocycles. The monoisotopic (exact) mass is 152 g/mol. The van der Waals surface area contributed by atoms with Gasteiger partial charge in [0.2, 0.25) is 0 Å². The van der Waals surface area contributed by atoms with Crippen LogP contribution in [0, 0.1) is 0 Å². The average Bonchev–Trinajstić information content (AvgIpc) is 2.04. The fourth-order valence-corrected chi connectivity index (χ4v) is 0.958. The Balaban J connectivity index is 3.02. The molecule has 0 saturated carbocycles. The van der Waals surface area contributed by atoms with E-state index >= 15 is 0 Å². The van der Waals surface area contributed by atoms with Crippen LogP contribution < -0.4 is 10.4 Å². The summed E-state index contributed by atoms with van der Waals surface area (Å²) in [6, 6.07) is 7.54. The number of benzene rings is 1. The Bertz CT molecular complexity index is 235. The van der Waals surface area contributed by atoms with E-state index in [0.717, 1.165) is 11.4 Å². The number of hydrogen-bond donors (Lipinski definition) is 2. The van der Waals surface area contributed by atoms with Gasteiger partial charge in [0.05, 0.1) is 11.4 Å². The normalized spacial score (nSPS) is 9.36. The van der Waals surface area contributed by atoms with Gasteiger partial charge in [-0.2, -0.15) is 0 Å². The third-order valence-corrected chi connectivity index (χ3v) is 1.51. The van der Waals surface area contributed by atoms with Crippen LogP contribution in [0.15, 0.2) is 24.3 Å². The predicted octanol–water partition coefficient (Wildman–Crippen LogP) is 1.55. The van der Waals surface area contributed by atoms with Gasteiger partial charge >= 0.3 is 0 Å². The lowest BCUT2D eigenvalue weighted by Gasteiger charge is -2.15. The third kappa shape index (κ3) is 1.62. The molecule has 0 aromatic heterocycles. The summed E-state index contributed by atoms with van der Waals surface area (Å²) >= 11 is 0. The van der Waals surface area contributed by atoms with Gasteiger partial charge < -0.3 is 4.90 Å². The van der Waals surface area contributed by atoms with Crippen LogP contribution in [-0.2, 0) is 0 Å². The maximum atomic E-state index is 8.69. The van der Waals surface area contributed by atoms with E-state index in [9.17, 15) is 0 Å². The largest absolute Gasteiger partial charge is 0.376 e. The summed E-state index contributed by atoms with van der Waals surface area (Å²) in [6.45, 7) is 0. The second kappa shape index (κ2) is 3.25. The number of nitrogens with one attached hydrogen (secondary N) is 1. The number of hydrogen-bond acceptors (Lipinski definition) is 3. The van der Waals surface area contributed by atoms with Crippen molar-refractivity contribution in [3.63, 3.8) is 0 Å². The van der Waals surface area contributed by atoms with Gasteiger partial charge in [-0.1, -0.05) is 12.1 Å². The van der Waals surface area contributed by atoms with E-state index in [1.165, 1.54) is 0 Å². The second-order valence-electron chi connectivity index (χ2n) is 2.52. The quantitative estimate of drug-likeness (QED) is 0.631. The van der Waals surface area contributed by atoms with E-state index in [1.54, 1.807) is 0 Å². The van der Waals surface area contributed by atoms with E-state index in [2.05, 4.69) is 5.48 Å². The van der Waals surface area contributed by atoms with Crippen LogP contribution in [0.4, 0.5) is 11.4 Å². The van der Waals surface area contributed by atoms with Gasteiger partial charge in [0.1, 0.15) is 0 Å². The zero-order valence-electron chi connectivity index (χ0n) is 6.70. The molecule has 0 aliphatic carbocycles. The fourth-order valence-electron chi connectivity index (χ4n) is 0.958. The van der Waals surface area contributed by atoms with Crippen LogP contribution in [0.2, 0.25) is 0 Å². The first-order valence-electron chi connectivity index (χ1n) is 3.42. The summed E-state index contributed by atoms with van der Waals surface area (Å²) in [5.74, 6) is 0. The highest BCUT2D eigenvalue weighted by Crippen LogP contribution is 2.21. The molecule has 2 N–H and O–H groups in total. The average molecular weight is 152 g/mol. The van der Waals surface area contributed by atoms with Gasteiger partial charge in [0.15, 0.2) is 0 Å². The van der Waals surface area contributed by atoms with Crippen LogP contribution in [-0.4, -0.2) is 19.3 Å². The highest BCUT2D eigenvalue weighted by Gasteiger charge is 1.99. The van der Waals surface area contributed by atoms with Crippen molar-refractivity contribution in [3.8, 4) is 0 Å². The first kappa shape index (κ1) is 7.88. The smallest absolute Gasteiger partial charge is 0.0835 e. The van der Waals surface area contributed by atoms with E-state index < -0.39 is 0 Å². The van der Waals surface area contributed by atoms with E-state index in [4.69, 9.17) is 5.21 Å².